The highest BCUT2D eigenvalue weighted by Crippen LogP contribution is 2.21. The molecule has 1 atom stereocenters. The van der Waals surface area contributed by atoms with Gasteiger partial charge >= 0.3 is 0 Å². The lowest BCUT2D eigenvalue weighted by Gasteiger charge is -2.31. The maximum Gasteiger partial charge on any atom is 0.0510 e. The maximum absolute atomic E-state index is 4.40. The zero-order chi connectivity index (χ0) is 6.86. The Hall–Kier alpha value is -0.340. The average molecular weight is 137 g/mol. The third-order valence-corrected chi connectivity index (χ3v) is 2.34. The Morgan fingerprint density at radius 1 is 1.50 bits per heavy atom. The second kappa shape index (κ2) is 2.36. The van der Waals surface area contributed by atoms with Gasteiger partial charge in [0.25, 0.3) is 0 Å². The molecule has 0 aromatic rings. The van der Waals surface area contributed by atoms with Crippen LogP contribution in [0.2, 0.25) is 0 Å². The van der Waals surface area contributed by atoms with Crippen LogP contribution in [0.1, 0.15) is 12.8 Å². The lowest BCUT2D eigenvalue weighted by atomic mass is 9.92. The van der Waals surface area contributed by atoms with Crippen molar-refractivity contribution >= 4 is 0 Å². The first-order valence-electron chi connectivity index (χ1n) is 3.97. The van der Waals surface area contributed by atoms with Gasteiger partial charge in [-0.25, -0.2) is 5.32 Å². The molecule has 10 heavy (non-hydrogen) atoms. The van der Waals surface area contributed by atoms with Gasteiger partial charge in [0.15, 0.2) is 0 Å². The zero-order valence-corrected chi connectivity index (χ0v) is 6.14. The molecular formula is C8H13N2. The van der Waals surface area contributed by atoms with E-state index in [4.69, 9.17) is 0 Å². The van der Waals surface area contributed by atoms with Crippen molar-refractivity contribution in [1.82, 2.24) is 10.6 Å². The van der Waals surface area contributed by atoms with E-state index in [1.54, 1.807) is 0 Å². The van der Waals surface area contributed by atoms with Crippen molar-refractivity contribution in [3.8, 4) is 0 Å². The molecule has 0 aromatic heterocycles. The summed E-state index contributed by atoms with van der Waals surface area (Å²) in [5.74, 6) is 0. The van der Waals surface area contributed by atoms with E-state index >= 15 is 0 Å². The molecular weight excluding hydrogens is 124 g/mol. The fraction of sp³-hybridized carbons (Fsp3) is 0.750. The summed E-state index contributed by atoms with van der Waals surface area (Å²) in [5.41, 5.74) is 0.276. The summed E-state index contributed by atoms with van der Waals surface area (Å²) in [5, 5.41) is 7.87. The van der Waals surface area contributed by atoms with Gasteiger partial charge in [0, 0.05) is 19.6 Å². The van der Waals surface area contributed by atoms with E-state index in [2.05, 4.69) is 22.8 Å². The van der Waals surface area contributed by atoms with E-state index in [0.29, 0.717) is 0 Å². The third kappa shape index (κ3) is 0.976. The minimum atomic E-state index is 0.276. The normalized spacial score (nSPS) is 39.2. The largest absolute Gasteiger partial charge is 0.303 e. The summed E-state index contributed by atoms with van der Waals surface area (Å²) in [6, 6.07) is 0. The standard InChI is InChI=1S/C8H13N2/c1-3-8(7-9-5-1)4-2-6-10-8/h2,4,10H,1,3,5-7H2. The molecule has 0 aliphatic carbocycles. The van der Waals surface area contributed by atoms with Crippen LogP contribution in [-0.4, -0.2) is 25.2 Å². The highest BCUT2D eigenvalue weighted by Gasteiger charge is 2.30. The number of rotatable bonds is 0. The molecule has 1 radical (unpaired) electrons. The first kappa shape index (κ1) is 6.38. The fourth-order valence-corrected chi connectivity index (χ4v) is 1.75. The van der Waals surface area contributed by atoms with Gasteiger partial charge in [-0.1, -0.05) is 12.2 Å². The van der Waals surface area contributed by atoms with Gasteiger partial charge in [-0.2, -0.15) is 0 Å². The van der Waals surface area contributed by atoms with E-state index in [9.17, 15) is 0 Å². The number of nitrogens with one attached hydrogen (secondary N) is 1. The van der Waals surface area contributed by atoms with E-state index in [0.717, 1.165) is 19.6 Å². The molecule has 0 saturated carbocycles. The first-order chi connectivity index (χ1) is 4.91. The summed E-state index contributed by atoms with van der Waals surface area (Å²) >= 11 is 0. The van der Waals surface area contributed by atoms with Gasteiger partial charge in [-0.05, 0) is 12.8 Å². The Bertz CT molecular complexity index is 145. The van der Waals surface area contributed by atoms with E-state index in [-0.39, 0.29) is 5.54 Å². The SMILES string of the molecule is C1=CC2(CCC[N]C2)NC1. The van der Waals surface area contributed by atoms with Crippen LogP contribution < -0.4 is 10.6 Å². The minimum absolute atomic E-state index is 0.276. The topological polar surface area (TPSA) is 26.1 Å². The smallest absolute Gasteiger partial charge is 0.0510 e. The fourth-order valence-electron chi connectivity index (χ4n) is 1.75. The van der Waals surface area contributed by atoms with Crippen molar-refractivity contribution in [2.24, 2.45) is 0 Å². The van der Waals surface area contributed by atoms with Gasteiger partial charge in [0.1, 0.15) is 0 Å². The monoisotopic (exact) mass is 137 g/mol. The number of nitrogens with zero attached hydrogens (tertiary/aromatic N) is 1. The van der Waals surface area contributed by atoms with Crippen LogP contribution in [0, 0.1) is 0 Å². The Kier molecular flexibility index (Phi) is 1.51. The summed E-state index contributed by atoms with van der Waals surface area (Å²) in [6.07, 6.45) is 7.01. The molecule has 0 amide bonds. The van der Waals surface area contributed by atoms with Crippen molar-refractivity contribution in [2.45, 2.75) is 18.4 Å². The molecule has 1 fully saturated rings. The van der Waals surface area contributed by atoms with Crippen molar-refractivity contribution in [2.75, 3.05) is 19.6 Å². The van der Waals surface area contributed by atoms with Crippen LogP contribution in [0.15, 0.2) is 12.2 Å². The first-order valence-corrected chi connectivity index (χ1v) is 3.97. The molecule has 55 valence electrons. The lowest BCUT2D eigenvalue weighted by Crippen LogP contribution is -2.49. The van der Waals surface area contributed by atoms with Gasteiger partial charge in [0.2, 0.25) is 0 Å². The third-order valence-electron chi connectivity index (χ3n) is 2.34. The molecule has 2 aliphatic heterocycles. The molecule has 2 nitrogen and oxygen atoms in total. The summed E-state index contributed by atoms with van der Waals surface area (Å²) in [7, 11) is 0. The molecule has 2 heterocycles. The number of hydrogen-bond donors (Lipinski definition) is 1. The van der Waals surface area contributed by atoms with Crippen molar-refractivity contribution in [3.05, 3.63) is 12.2 Å². The minimum Gasteiger partial charge on any atom is -0.303 e. The van der Waals surface area contributed by atoms with Crippen LogP contribution >= 0.6 is 0 Å². The average Bonchev–Trinajstić information content (AvgIpc) is 2.39. The second-order valence-corrected chi connectivity index (χ2v) is 3.15. The van der Waals surface area contributed by atoms with Crippen molar-refractivity contribution < 1.29 is 0 Å². The molecule has 0 aromatic carbocycles. The molecule has 0 bridgehead atoms. The van der Waals surface area contributed by atoms with Gasteiger partial charge in [0.05, 0.1) is 5.54 Å². The van der Waals surface area contributed by atoms with Crippen LogP contribution in [0.3, 0.4) is 0 Å². The Morgan fingerprint density at radius 3 is 3.10 bits per heavy atom. The molecule has 1 N–H and O–H groups in total. The predicted octanol–water partition coefficient (Wildman–Crippen LogP) is 0.283. The zero-order valence-electron chi connectivity index (χ0n) is 6.14. The Labute approximate surface area is 61.7 Å². The van der Waals surface area contributed by atoms with Crippen LogP contribution in [0.4, 0.5) is 0 Å². The molecule has 2 aliphatic rings. The summed E-state index contributed by atoms with van der Waals surface area (Å²) in [4.78, 5) is 0. The Morgan fingerprint density at radius 2 is 2.50 bits per heavy atom. The van der Waals surface area contributed by atoms with Crippen molar-refractivity contribution in [3.63, 3.8) is 0 Å². The highest BCUT2D eigenvalue weighted by molar-refractivity contribution is 5.15. The Balaban J connectivity index is 2.05. The van der Waals surface area contributed by atoms with Crippen molar-refractivity contribution in [1.29, 1.82) is 0 Å². The number of hydrogen-bond acceptors (Lipinski definition) is 1. The predicted molar refractivity (Wildman–Crippen MR) is 41.0 cm³/mol. The quantitative estimate of drug-likeness (QED) is 0.477. The van der Waals surface area contributed by atoms with Crippen LogP contribution in [0.25, 0.3) is 0 Å². The number of piperidine rings is 1. The maximum atomic E-state index is 4.40. The van der Waals surface area contributed by atoms with Crippen LogP contribution in [-0.2, 0) is 0 Å². The molecule has 1 unspecified atom stereocenters. The highest BCUT2D eigenvalue weighted by atomic mass is 15.1. The van der Waals surface area contributed by atoms with E-state index in [1.807, 2.05) is 0 Å². The molecule has 1 saturated heterocycles. The lowest BCUT2D eigenvalue weighted by molar-refractivity contribution is 0.326. The van der Waals surface area contributed by atoms with E-state index < -0.39 is 0 Å². The molecule has 2 heteroatoms. The van der Waals surface area contributed by atoms with E-state index in [1.165, 1.54) is 12.8 Å². The second-order valence-electron chi connectivity index (χ2n) is 3.15. The molecule has 2 rings (SSSR count). The van der Waals surface area contributed by atoms with Crippen LogP contribution in [0.5, 0.6) is 0 Å². The van der Waals surface area contributed by atoms with Gasteiger partial charge < -0.3 is 5.32 Å². The van der Waals surface area contributed by atoms with Gasteiger partial charge in [-0.15, -0.1) is 0 Å². The summed E-state index contributed by atoms with van der Waals surface area (Å²) in [6.45, 7) is 3.09. The summed E-state index contributed by atoms with van der Waals surface area (Å²) < 4.78 is 0. The van der Waals surface area contributed by atoms with Gasteiger partial charge in [-0.3, -0.25) is 0 Å². The molecule has 1 spiro atoms.